The first-order valence-corrected chi connectivity index (χ1v) is 5.88. The van der Waals surface area contributed by atoms with E-state index in [-0.39, 0.29) is 0 Å². The highest BCUT2D eigenvalue weighted by molar-refractivity contribution is 6.30. The average Bonchev–Trinajstić information content (AvgIpc) is 3.05. The lowest BCUT2D eigenvalue weighted by molar-refractivity contribution is 0.488. The SMILES string of the molecule is NCCNC(c1ccc(Cl)cc1)C1CC1. The molecule has 1 aliphatic carbocycles. The molecule has 1 aliphatic rings. The highest BCUT2D eigenvalue weighted by Crippen LogP contribution is 2.40. The van der Waals surface area contributed by atoms with Crippen LogP contribution < -0.4 is 11.1 Å². The van der Waals surface area contributed by atoms with Gasteiger partial charge in [-0.25, -0.2) is 0 Å². The van der Waals surface area contributed by atoms with Gasteiger partial charge in [0, 0.05) is 24.2 Å². The van der Waals surface area contributed by atoms with Crippen molar-refractivity contribution >= 4 is 11.6 Å². The van der Waals surface area contributed by atoms with Gasteiger partial charge in [0.25, 0.3) is 0 Å². The summed E-state index contributed by atoms with van der Waals surface area (Å²) < 4.78 is 0. The Hall–Kier alpha value is -0.570. The maximum atomic E-state index is 5.88. The molecular formula is C12H17ClN2. The van der Waals surface area contributed by atoms with E-state index in [1.54, 1.807) is 0 Å². The number of nitrogens with two attached hydrogens (primary N) is 1. The molecule has 3 N–H and O–H groups in total. The molecule has 0 radical (unpaired) electrons. The van der Waals surface area contributed by atoms with Gasteiger partial charge in [-0.3, -0.25) is 0 Å². The van der Waals surface area contributed by atoms with Crippen molar-refractivity contribution in [2.24, 2.45) is 11.7 Å². The Bertz CT molecular complexity index is 306. The van der Waals surface area contributed by atoms with Crippen LogP contribution in [0.25, 0.3) is 0 Å². The number of benzene rings is 1. The van der Waals surface area contributed by atoms with E-state index < -0.39 is 0 Å². The lowest BCUT2D eigenvalue weighted by Crippen LogP contribution is -2.28. The molecule has 1 atom stereocenters. The zero-order valence-corrected chi connectivity index (χ0v) is 9.50. The summed E-state index contributed by atoms with van der Waals surface area (Å²) in [5, 5.41) is 4.30. The molecule has 0 aliphatic heterocycles. The molecule has 0 spiro atoms. The van der Waals surface area contributed by atoms with Crippen molar-refractivity contribution in [2.75, 3.05) is 13.1 Å². The fourth-order valence-electron chi connectivity index (χ4n) is 1.90. The number of hydrogen-bond donors (Lipinski definition) is 2. The molecule has 0 bridgehead atoms. The third kappa shape index (κ3) is 2.94. The molecule has 1 aromatic rings. The Morgan fingerprint density at radius 3 is 2.53 bits per heavy atom. The predicted octanol–water partition coefficient (Wildman–Crippen LogP) is 2.34. The van der Waals surface area contributed by atoms with E-state index in [0.717, 1.165) is 17.5 Å². The molecule has 1 saturated carbocycles. The van der Waals surface area contributed by atoms with E-state index in [9.17, 15) is 0 Å². The standard InChI is InChI=1S/C12H17ClN2/c13-11-5-3-10(4-6-11)12(9-1-2-9)15-8-7-14/h3-6,9,12,15H,1-2,7-8,14H2. The predicted molar refractivity (Wildman–Crippen MR) is 64.0 cm³/mol. The molecule has 0 saturated heterocycles. The fraction of sp³-hybridized carbons (Fsp3) is 0.500. The maximum absolute atomic E-state index is 5.88. The highest BCUT2D eigenvalue weighted by atomic mass is 35.5. The van der Waals surface area contributed by atoms with Crippen LogP contribution in [0.15, 0.2) is 24.3 Å². The van der Waals surface area contributed by atoms with E-state index in [2.05, 4.69) is 17.4 Å². The molecule has 0 amide bonds. The van der Waals surface area contributed by atoms with Gasteiger partial charge in [0.05, 0.1) is 0 Å². The monoisotopic (exact) mass is 224 g/mol. The summed E-state index contributed by atoms with van der Waals surface area (Å²) >= 11 is 5.88. The molecule has 1 aromatic carbocycles. The first kappa shape index (κ1) is 10.9. The van der Waals surface area contributed by atoms with Gasteiger partial charge in [-0.05, 0) is 36.5 Å². The maximum Gasteiger partial charge on any atom is 0.0406 e. The summed E-state index contributed by atoms with van der Waals surface area (Å²) in [5.74, 6) is 0.790. The van der Waals surface area contributed by atoms with Gasteiger partial charge >= 0.3 is 0 Å². The Kier molecular flexibility index (Phi) is 3.62. The zero-order chi connectivity index (χ0) is 10.7. The topological polar surface area (TPSA) is 38.0 Å². The molecule has 2 nitrogen and oxygen atoms in total. The minimum absolute atomic E-state index is 0.464. The third-order valence-electron chi connectivity index (χ3n) is 2.83. The summed E-state index contributed by atoms with van der Waals surface area (Å²) in [7, 11) is 0. The van der Waals surface area contributed by atoms with Crippen molar-refractivity contribution in [3.05, 3.63) is 34.9 Å². The van der Waals surface area contributed by atoms with Crippen LogP contribution in [0.1, 0.15) is 24.4 Å². The quantitative estimate of drug-likeness (QED) is 0.806. The van der Waals surface area contributed by atoms with Crippen LogP contribution in [0.5, 0.6) is 0 Å². The number of hydrogen-bond acceptors (Lipinski definition) is 2. The van der Waals surface area contributed by atoms with Crippen molar-refractivity contribution < 1.29 is 0 Å². The molecule has 15 heavy (non-hydrogen) atoms. The van der Waals surface area contributed by atoms with E-state index in [4.69, 9.17) is 17.3 Å². The second-order valence-electron chi connectivity index (χ2n) is 4.11. The van der Waals surface area contributed by atoms with Crippen molar-refractivity contribution in [3.63, 3.8) is 0 Å². The van der Waals surface area contributed by atoms with Gasteiger partial charge in [0.2, 0.25) is 0 Å². The van der Waals surface area contributed by atoms with Crippen molar-refractivity contribution in [2.45, 2.75) is 18.9 Å². The first-order valence-electron chi connectivity index (χ1n) is 5.50. The largest absolute Gasteiger partial charge is 0.329 e. The van der Waals surface area contributed by atoms with Crippen LogP contribution in [-0.4, -0.2) is 13.1 Å². The Morgan fingerprint density at radius 2 is 2.00 bits per heavy atom. The first-order chi connectivity index (χ1) is 7.31. The Balaban J connectivity index is 2.06. The average molecular weight is 225 g/mol. The summed E-state index contributed by atoms with van der Waals surface area (Å²) in [6, 6.07) is 8.59. The molecule has 1 unspecified atom stereocenters. The summed E-state index contributed by atoms with van der Waals surface area (Å²) in [5.41, 5.74) is 6.84. The molecule has 2 rings (SSSR count). The Morgan fingerprint density at radius 1 is 1.33 bits per heavy atom. The van der Waals surface area contributed by atoms with Crippen molar-refractivity contribution in [1.82, 2.24) is 5.32 Å². The molecular weight excluding hydrogens is 208 g/mol. The van der Waals surface area contributed by atoms with E-state index in [0.29, 0.717) is 12.6 Å². The normalized spacial score (nSPS) is 17.7. The molecule has 82 valence electrons. The number of rotatable bonds is 5. The van der Waals surface area contributed by atoms with Crippen LogP contribution in [-0.2, 0) is 0 Å². The van der Waals surface area contributed by atoms with Gasteiger partial charge in [0.15, 0.2) is 0 Å². The van der Waals surface area contributed by atoms with Gasteiger partial charge in [-0.15, -0.1) is 0 Å². The number of halogens is 1. The van der Waals surface area contributed by atoms with Crippen LogP contribution in [0.3, 0.4) is 0 Å². The molecule has 1 fully saturated rings. The van der Waals surface area contributed by atoms with E-state index in [1.165, 1.54) is 18.4 Å². The van der Waals surface area contributed by atoms with Crippen molar-refractivity contribution in [3.8, 4) is 0 Å². The van der Waals surface area contributed by atoms with Crippen LogP contribution >= 0.6 is 11.6 Å². The lowest BCUT2D eigenvalue weighted by atomic mass is 10.0. The second-order valence-corrected chi connectivity index (χ2v) is 4.55. The van der Waals surface area contributed by atoms with Gasteiger partial charge in [0.1, 0.15) is 0 Å². The van der Waals surface area contributed by atoms with E-state index in [1.807, 2.05) is 12.1 Å². The molecule has 0 heterocycles. The van der Waals surface area contributed by atoms with Gasteiger partial charge < -0.3 is 11.1 Å². The number of nitrogens with one attached hydrogen (secondary N) is 1. The summed E-state index contributed by atoms with van der Waals surface area (Å²) in [4.78, 5) is 0. The molecule has 3 heteroatoms. The summed E-state index contributed by atoms with van der Waals surface area (Å²) in [6.45, 7) is 1.57. The molecule has 0 aromatic heterocycles. The minimum Gasteiger partial charge on any atom is -0.329 e. The Labute approximate surface area is 95.8 Å². The fourth-order valence-corrected chi connectivity index (χ4v) is 2.02. The second kappa shape index (κ2) is 4.97. The van der Waals surface area contributed by atoms with Crippen LogP contribution in [0, 0.1) is 5.92 Å². The zero-order valence-electron chi connectivity index (χ0n) is 8.75. The highest BCUT2D eigenvalue weighted by Gasteiger charge is 2.31. The van der Waals surface area contributed by atoms with Crippen LogP contribution in [0.4, 0.5) is 0 Å². The van der Waals surface area contributed by atoms with Gasteiger partial charge in [-0.1, -0.05) is 23.7 Å². The van der Waals surface area contributed by atoms with Gasteiger partial charge in [-0.2, -0.15) is 0 Å². The minimum atomic E-state index is 0.464. The van der Waals surface area contributed by atoms with Crippen LogP contribution in [0.2, 0.25) is 5.02 Å². The van der Waals surface area contributed by atoms with Crippen molar-refractivity contribution in [1.29, 1.82) is 0 Å². The smallest absolute Gasteiger partial charge is 0.0406 e. The lowest BCUT2D eigenvalue weighted by Gasteiger charge is -2.18. The third-order valence-corrected chi connectivity index (χ3v) is 3.08. The summed E-state index contributed by atoms with van der Waals surface area (Å²) in [6.07, 6.45) is 2.65. The van der Waals surface area contributed by atoms with E-state index >= 15 is 0 Å².